The number of carbonyl (C=O) groups is 5. The van der Waals surface area contributed by atoms with Crippen LogP contribution in [0, 0.1) is 5.92 Å². The zero-order valence-corrected chi connectivity index (χ0v) is 26.8. The van der Waals surface area contributed by atoms with Gasteiger partial charge in [-0.3, -0.25) is 29.1 Å². The Morgan fingerprint density at radius 1 is 1.00 bits per heavy atom. The monoisotopic (exact) mass is 635 g/mol. The molecule has 4 atom stereocenters. The van der Waals surface area contributed by atoms with Crippen molar-refractivity contribution in [3.8, 4) is 0 Å². The first-order chi connectivity index (χ1) is 22.1. The van der Waals surface area contributed by atoms with Gasteiger partial charge in [0.05, 0.1) is 36.6 Å². The number of rotatable bonds is 5. The zero-order valence-electron chi connectivity index (χ0n) is 26.8. The molecule has 13 heteroatoms. The average molecular weight is 636 g/mol. The Labute approximate surface area is 269 Å². The van der Waals surface area contributed by atoms with E-state index in [1.165, 1.54) is 18.4 Å². The van der Waals surface area contributed by atoms with Gasteiger partial charge in [-0.25, -0.2) is 0 Å². The summed E-state index contributed by atoms with van der Waals surface area (Å²) in [7, 11) is 1.48. The van der Waals surface area contributed by atoms with Crippen molar-refractivity contribution >= 4 is 29.5 Å². The van der Waals surface area contributed by atoms with Gasteiger partial charge in [-0.2, -0.15) is 5.10 Å². The van der Waals surface area contributed by atoms with E-state index in [1.807, 2.05) is 44.2 Å². The number of H-pyrrole nitrogens is 1. The standard InChI is InChI=1S/C33H45N7O6/c1-20(2)28-31(43)34-15-23-17-40(32(44)24-16-35-38-29(24)22-12-8-5-9-13-22)18-26(46-23)30(42)36-25(14-21-10-6-4-7-11-21)33(45)39(3)19-27(41)37-28/h4,6-7,10-11,16,20,22-23,25-26,28H,5,8-9,12-15,17-19H2,1-3H3,(H,34,43)(H,35,38)(H,36,42)(H,37,41)/t23-,25+,26+,28-/m0/s1. The van der Waals surface area contributed by atoms with Crippen LogP contribution < -0.4 is 16.0 Å². The maximum Gasteiger partial charge on any atom is 0.257 e. The first-order valence-corrected chi connectivity index (χ1v) is 16.2. The summed E-state index contributed by atoms with van der Waals surface area (Å²) >= 11 is 0. The van der Waals surface area contributed by atoms with Gasteiger partial charge in [0.1, 0.15) is 12.1 Å². The molecule has 1 saturated carbocycles. The second kappa shape index (κ2) is 14.9. The molecule has 0 radical (unpaired) electrons. The highest BCUT2D eigenvalue weighted by atomic mass is 16.5. The van der Waals surface area contributed by atoms with E-state index in [4.69, 9.17) is 4.74 Å². The molecular formula is C33H45N7O6. The minimum Gasteiger partial charge on any atom is -0.360 e. The predicted molar refractivity (Wildman–Crippen MR) is 168 cm³/mol. The van der Waals surface area contributed by atoms with Crippen molar-refractivity contribution in [3.05, 3.63) is 53.3 Å². The number of ether oxygens (including phenoxy) is 1. The first-order valence-electron chi connectivity index (χ1n) is 16.2. The van der Waals surface area contributed by atoms with Crippen LogP contribution in [0.1, 0.15) is 73.5 Å². The van der Waals surface area contributed by atoms with E-state index < -0.39 is 47.9 Å². The lowest BCUT2D eigenvalue weighted by Gasteiger charge is -2.38. The quantitative estimate of drug-likeness (QED) is 0.382. The maximum absolute atomic E-state index is 14.0. The number of hydrogen-bond donors (Lipinski definition) is 4. The molecule has 2 bridgehead atoms. The number of morpholine rings is 1. The van der Waals surface area contributed by atoms with Crippen LogP contribution in [0.25, 0.3) is 0 Å². The third-order valence-corrected chi connectivity index (χ3v) is 9.08. The molecule has 46 heavy (non-hydrogen) atoms. The van der Waals surface area contributed by atoms with Gasteiger partial charge in [-0.15, -0.1) is 0 Å². The molecule has 2 saturated heterocycles. The van der Waals surface area contributed by atoms with Crippen LogP contribution in [0.3, 0.4) is 0 Å². The van der Waals surface area contributed by atoms with Gasteiger partial charge in [0.25, 0.3) is 11.8 Å². The van der Waals surface area contributed by atoms with E-state index in [1.54, 1.807) is 11.1 Å². The highest BCUT2D eigenvalue weighted by molar-refractivity contribution is 5.97. The summed E-state index contributed by atoms with van der Waals surface area (Å²) in [5.41, 5.74) is 2.11. The minimum absolute atomic E-state index is 0.0125. The van der Waals surface area contributed by atoms with Crippen molar-refractivity contribution in [2.75, 3.05) is 33.2 Å². The Morgan fingerprint density at radius 2 is 1.74 bits per heavy atom. The van der Waals surface area contributed by atoms with Gasteiger partial charge in [0.2, 0.25) is 17.7 Å². The van der Waals surface area contributed by atoms with Crippen LogP contribution >= 0.6 is 0 Å². The summed E-state index contributed by atoms with van der Waals surface area (Å²) in [6.45, 7) is 3.43. The Balaban J connectivity index is 1.44. The Kier molecular flexibility index (Phi) is 10.7. The topological polar surface area (TPSA) is 166 Å². The van der Waals surface area contributed by atoms with Gasteiger partial charge < -0.3 is 30.5 Å². The molecule has 1 aromatic heterocycles. The number of carbonyl (C=O) groups excluding carboxylic acids is 5. The Morgan fingerprint density at radius 3 is 2.46 bits per heavy atom. The molecule has 0 spiro atoms. The molecule has 3 fully saturated rings. The summed E-state index contributed by atoms with van der Waals surface area (Å²) in [4.78, 5) is 70.6. The van der Waals surface area contributed by atoms with Gasteiger partial charge >= 0.3 is 0 Å². The fourth-order valence-corrected chi connectivity index (χ4v) is 6.55. The van der Waals surface area contributed by atoms with Crippen LogP contribution in [0.15, 0.2) is 36.5 Å². The number of aromatic amines is 1. The van der Waals surface area contributed by atoms with Crippen molar-refractivity contribution in [3.63, 3.8) is 0 Å². The molecule has 2 aromatic rings. The number of hydrogen-bond acceptors (Lipinski definition) is 7. The van der Waals surface area contributed by atoms with Gasteiger partial charge in [0.15, 0.2) is 6.10 Å². The summed E-state index contributed by atoms with van der Waals surface area (Å²) in [5.74, 6) is -2.24. The molecule has 0 unspecified atom stereocenters. The molecular weight excluding hydrogens is 590 g/mol. The van der Waals surface area contributed by atoms with Crippen molar-refractivity contribution < 1.29 is 28.7 Å². The van der Waals surface area contributed by atoms with Gasteiger partial charge in [0, 0.05) is 32.5 Å². The van der Waals surface area contributed by atoms with E-state index in [2.05, 4.69) is 26.1 Å². The van der Waals surface area contributed by atoms with Crippen LogP contribution in [0.2, 0.25) is 0 Å². The summed E-state index contributed by atoms with van der Waals surface area (Å²) < 4.78 is 6.19. The highest BCUT2D eigenvalue weighted by Gasteiger charge is 2.39. The largest absolute Gasteiger partial charge is 0.360 e. The average Bonchev–Trinajstić information content (AvgIpc) is 3.55. The first kappa shape index (κ1) is 33.1. The number of benzene rings is 1. The van der Waals surface area contributed by atoms with E-state index in [9.17, 15) is 24.0 Å². The Bertz CT molecular complexity index is 1410. The van der Waals surface area contributed by atoms with E-state index >= 15 is 0 Å². The molecule has 5 rings (SSSR count). The van der Waals surface area contributed by atoms with Gasteiger partial charge in [-0.1, -0.05) is 63.4 Å². The number of fused-ring (bicyclic) bond motifs is 2. The van der Waals surface area contributed by atoms with E-state index in [0.717, 1.165) is 36.9 Å². The van der Waals surface area contributed by atoms with Crippen LogP contribution in [0.5, 0.6) is 0 Å². The normalized spacial score (nSPS) is 25.7. The third kappa shape index (κ3) is 7.93. The molecule has 3 heterocycles. The van der Waals surface area contributed by atoms with Crippen molar-refractivity contribution in [2.45, 2.75) is 82.6 Å². The van der Waals surface area contributed by atoms with Crippen molar-refractivity contribution in [2.24, 2.45) is 5.92 Å². The Hall–Kier alpha value is -4.26. The number of nitrogens with one attached hydrogen (secondary N) is 4. The van der Waals surface area contributed by atoms with Gasteiger partial charge in [-0.05, 0) is 24.3 Å². The molecule has 1 aliphatic carbocycles. The lowest BCUT2D eigenvalue weighted by atomic mass is 9.85. The molecule has 5 amide bonds. The molecule has 248 valence electrons. The number of aromatic nitrogens is 2. The number of amides is 5. The summed E-state index contributed by atoms with van der Waals surface area (Å²) in [6.07, 6.45) is 5.21. The number of nitrogens with zero attached hydrogens (tertiary/aromatic N) is 3. The summed E-state index contributed by atoms with van der Waals surface area (Å²) in [5, 5.41) is 15.7. The SMILES string of the molecule is CC(C)[C@@H]1NC(=O)CN(C)C(=O)[C@@H](Cc2ccccc2)NC(=O)[C@H]2CN(C(=O)c3cn[nH]c3C3CCCCC3)C[C@H](CNC1=O)O2. The number of likely N-dealkylation sites (N-methyl/N-ethyl adjacent to an activating group) is 1. The second-order valence-corrected chi connectivity index (χ2v) is 13.0. The van der Waals surface area contributed by atoms with Crippen LogP contribution in [0.4, 0.5) is 0 Å². The van der Waals surface area contributed by atoms with Crippen molar-refractivity contribution in [1.29, 1.82) is 0 Å². The fourth-order valence-electron chi connectivity index (χ4n) is 6.55. The molecule has 2 aliphatic heterocycles. The third-order valence-electron chi connectivity index (χ3n) is 9.08. The van der Waals surface area contributed by atoms with E-state index in [0.29, 0.717) is 5.56 Å². The van der Waals surface area contributed by atoms with Crippen molar-refractivity contribution in [1.82, 2.24) is 35.9 Å². The second-order valence-electron chi connectivity index (χ2n) is 13.0. The van der Waals surface area contributed by atoms with Crippen LogP contribution in [-0.2, 0) is 30.3 Å². The lowest BCUT2D eigenvalue weighted by molar-refractivity contribution is -0.148. The summed E-state index contributed by atoms with van der Waals surface area (Å²) in [6, 6.07) is 7.40. The van der Waals surface area contributed by atoms with Crippen LogP contribution in [-0.4, -0.2) is 107 Å². The lowest BCUT2D eigenvalue weighted by Crippen LogP contribution is -2.59. The highest BCUT2D eigenvalue weighted by Crippen LogP contribution is 2.33. The maximum atomic E-state index is 14.0. The van der Waals surface area contributed by atoms with E-state index in [-0.39, 0.29) is 50.3 Å². The molecule has 13 nitrogen and oxygen atoms in total. The predicted octanol–water partition coefficient (Wildman–Crippen LogP) is 1.12. The molecule has 1 aromatic carbocycles. The minimum atomic E-state index is -1.10. The fraction of sp³-hybridized carbons (Fsp3) is 0.576. The molecule has 4 N–H and O–H groups in total. The zero-order chi connectivity index (χ0) is 32.8. The molecule has 3 aliphatic rings. The smallest absolute Gasteiger partial charge is 0.257 e.